The summed E-state index contributed by atoms with van der Waals surface area (Å²) in [6.45, 7) is 4.25. The molecule has 3 nitrogen and oxygen atoms in total. The van der Waals surface area contributed by atoms with Crippen molar-refractivity contribution < 1.29 is 5.11 Å². The minimum Gasteiger partial charge on any atom is -0.397 e. The van der Waals surface area contributed by atoms with Gasteiger partial charge < -0.3 is 16.2 Å². The molecule has 0 aliphatic rings. The number of nitrogen functional groups attached to an aromatic ring is 1. The van der Waals surface area contributed by atoms with Crippen LogP contribution in [0.15, 0.2) is 18.2 Å². The minimum absolute atomic E-state index is 0.362. The van der Waals surface area contributed by atoms with Crippen molar-refractivity contribution in [1.82, 2.24) is 0 Å². The molecule has 13 heavy (non-hydrogen) atoms. The topological polar surface area (TPSA) is 58.3 Å². The van der Waals surface area contributed by atoms with Gasteiger partial charge in [0.25, 0.3) is 0 Å². The summed E-state index contributed by atoms with van der Waals surface area (Å²) in [4.78, 5) is 0. The van der Waals surface area contributed by atoms with Gasteiger partial charge in [0, 0.05) is 6.54 Å². The van der Waals surface area contributed by atoms with Crippen LogP contribution in [0, 0.1) is 6.92 Å². The van der Waals surface area contributed by atoms with E-state index in [1.165, 1.54) is 0 Å². The molecule has 4 N–H and O–H groups in total. The molecular formula is C10H16N2O. The molecule has 3 heteroatoms. The quantitative estimate of drug-likeness (QED) is 0.616. The average molecular weight is 180 g/mol. The van der Waals surface area contributed by atoms with Crippen LogP contribution in [0.2, 0.25) is 0 Å². The molecule has 0 radical (unpaired) electrons. The lowest BCUT2D eigenvalue weighted by molar-refractivity contribution is 0.208. The molecular weight excluding hydrogens is 164 g/mol. The van der Waals surface area contributed by atoms with E-state index in [1.54, 1.807) is 6.92 Å². The zero-order valence-corrected chi connectivity index (χ0v) is 8.04. The van der Waals surface area contributed by atoms with Gasteiger partial charge in [-0.15, -0.1) is 0 Å². The number of aliphatic hydroxyl groups excluding tert-OH is 1. The molecule has 0 aliphatic heterocycles. The fraction of sp³-hybridized carbons (Fsp3) is 0.400. The summed E-state index contributed by atoms with van der Waals surface area (Å²) < 4.78 is 0. The Labute approximate surface area is 78.6 Å². The van der Waals surface area contributed by atoms with Crippen LogP contribution in [0.4, 0.5) is 11.4 Å². The number of nitrogens with one attached hydrogen (secondary N) is 1. The van der Waals surface area contributed by atoms with Crippen LogP contribution in [0.25, 0.3) is 0 Å². The van der Waals surface area contributed by atoms with E-state index in [0.29, 0.717) is 6.54 Å². The third kappa shape index (κ3) is 2.63. The number of anilines is 2. The number of rotatable bonds is 3. The molecule has 1 unspecified atom stereocenters. The summed E-state index contributed by atoms with van der Waals surface area (Å²) >= 11 is 0. The Morgan fingerprint density at radius 2 is 2.23 bits per heavy atom. The highest BCUT2D eigenvalue weighted by molar-refractivity contribution is 5.69. The number of hydrogen-bond acceptors (Lipinski definition) is 3. The molecule has 0 aromatic heterocycles. The molecule has 0 aliphatic carbocycles. The average Bonchev–Trinajstić information content (AvgIpc) is 2.03. The van der Waals surface area contributed by atoms with Gasteiger partial charge >= 0.3 is 0 Å². The van der Waals surface area contributed by atoms with Gasteiger partial charge in [-0.2, -0.15) is 0 Å². The first-order valence-electron chi connectivity index (χ1n) is 4.38. The first-order valence-corrected chi connectivity index (χ1v) is 4.38. The number of aryl methyl sites for hydroxylation is 1. The molecule has 0 heterocycles. The van der Waals surface area contributed by atoms with Gasteiger partial charge in [-0.1, -0.05) is 12.1 Å². The largest absolute Gasteiger partial charge is 0.397 e. The van der Waals surface area contributed by atoms with E-state index in [2.05, 4.69) is 5.32 Å². The van der Waals surface area contributed by atoms with Crippen molar-refractivity contribution >= 4 is 11.4 Å². The summed E-state index contributed by atoms with van der Waals surface area (Å²) in [5, 5.41) is 12.2. The summed E-state index contributed by atoms with van der Waals surface area (Å²) in [7, 11) is 0. The van der Waals surface area contributed by atoms with E-state index in [0.717, 1.165) is 16.9 Å². The summed E-state index contributed by atoms with van der Waals surface area (Å²) in [5.74, 6) is 0. The molecule has 1 atom stereocenters. The number of nitrogens with two attached hydrogens (primary N) is 1. The van der Waals surface area contributed by atoms with Gasteiger partial charge in [0.2, 0.25) is 0 Å². The van der Waals surface area contributed by atoms with Crippen molar-refractivity contribution in [2.45, 2.75) is 20.0 Å². The van der Waals surface area contributed by atoms with Crippen molar-refractivity contribution in [3.63, 3.8) is 0 Å². The molecule has 1 aromatic carbocycles. The number of aliphatic hydroxyl groups is 1. The van der Waals surface area contributed by atoms with Crippen LogP contribution < -0.4 is 11.1 Å². The molecule has 72 valence electrons. The third-order valence-electron chi connectivity index (χ3n) is 1.88. The van der Waals surface area contributed by atoms with Crippen molar-refractivity contribution in [1.29, 1.82) is 0 Å². The second kappa shape index (κ2) is 4.14. The van der Waals surface area contributed by atoms with Crippen LogP contribution in [0.3, 0.4) is 0 Å². The van der Waals surface area contributed by atoms with Crippen LogP contribution in [0.1, 0.15) is 12.5 Å². The lowest BCUT2D eigenvalue weighted by Gasteiger charge is -2.13. The van der Waals surface area contributed by atoms with Crippen molar-refractivity contribution in [2.24, 2.45) is 0 Å². The molecule has 0 spiro atoms. The maximum atomic E-state index is 9.09. The highest BCUT2D eigenvalue weighted by Crippen LogP contribution is 2.21. The van der Waals surface area contributed by atoms with Gasteiger partial charge in [0.1, 0.15) is 0 Å². The standard InChI is InChI=1S/C10H16N2O/c1-7-4-3-5-9(11)10(7)12-6-8(2)13/h3-5,8,12-13H,6,11H2,1-2H3. The maximum Gasteiger partial charge on any atom is 0.0684 e. The maximum absolute atomic E-state index is 9.09. The summed E-state index contributed by atoms with van der Waals surface area (Å²) in [6.07, 6.45) is -0.362. The fourth-order valence-electron chi connectivity index (χ4n) is 1.18. The van der Waals surface area contributed by atoms with E-state index in [4.69, 9.17) is 10.8 Å². The Balaban J connectivity index is 2.75. The highest BCUT2D eigenvalue weighted by atomic mass is 16.3. The normalized spacial score (nSPS) is 12.5. The first kappa shape index (κ1) is 9.86. The van der Waals surface area contributed by atoms with Crippen LogP contribution >= 0.6 is 0 Å². The number of hydrogen-bond donors (Lipinski definition) is 3. The highest BCUT2D eigenvalue weighted by Gasteiger charge is 2.02. The Morgan fingerprint density at radius 3 is 2.77 bits per heavy atom. The Kier molecular flexibility index (Phi) is 3.14. The zero-order chi connectivity index (χ0) is 9.84. The van der Waals surface area contributed by atoms with Gasteiger partial charge in [-0.05, 0) is 25.5 Å². The lowest BCUT2D eigenvalue weighted by Crippen LogP contribution is -2.16. The zero-order valence-electron chi connectivity index (χ0n) is 8.04. The van der Waals surface area contributed by atoms with E-state index < -0.39 is 0 Å². The monoisotopic (exact) mass is 180 g/mol. The van der Waals surface area contributed by atoms with Gasteiger partial charge in [0.05, 0.1) is 17.5 Å². The molecule has 0 saturated carbocycles. The van der Waals surface area contributed by atoms with Crippen LogP contribution in [0.5, 0.6) is 0 Å². The lowest BCUT2D eigenvalue weighted by atomic mass is 10.1. The summed E-state index contributed by atoms with van der Waals surface area (Å²) in [5.41, 5.74) is 8.50. The fourth-order valence-corrected chi connectivity index (χ4v) is 1.18. The van der Waals surface area contributed by atoms with Crippen LogP contribution in [-0.2, 0) is 0 Å². The van der Waals surface area contributed by atoms with Crippen LogP contribution in [-0.4, -0.2) is 17.8 Å². The van der Waals surface area contributed by atoms with Crippen molar-refractivity contribution in [2.75, 3.05) is 17.6 Å². The molecule has 0 amide bonds. The minimum atomic E-state index is -0.362. The summed E-state index contributed by atoms with van der Waals surface area (Å²) in [6, 6.07) is 5.75. The Morgan fingerprint density at radius 1 is 1.54 bits per heavy atom. The SMILES string of the molecule is Cc1cccc(N)c1NCC(C)O. The second-order valence-corrected chi connectivity index (χ2v) is 3.27. The number of benzene rings is 1. The molecule has 1 aromatic rings. The Hall–Kier alpha value is -1.22. The van der Waals surface area contributed by atoms with Gasteiger partial charge in [0.15, 0.2) is 0 Å². The van der Waals surface area contributed by atoms with Gasteiger partial charge in [-0.3, -0.25) is 0 Å². The van der Waals surface area contributed by atoms with Crippen molar-refractivity contribution in [3.05, 3.63) is 23.8 Å². The van der Waals surface area contributed by atoms with E-state index in [9.17, 15) is 0 Å². The molecule has 0 fully saturated rings. The van der Waals surface area contributed by atoms with Crippen molar-refractivity contribution in [3.8, 4) is 0 Å². The van der Waals surface area contributed by atoms with Gasteiger partial charge in [-0.25, -0.2) is 0 Å². The van der Waals surface area contributed by atoms with E-state index >= 15 is 0 Å². The third-order valence-corrected chi connectivity index (χ3v) is 1.88. The predicted octanol–water partition coefficient (Wildman–Crippen LogP) is 1.37. The van der Waals surface area contributed by atoms with E-state index in [1.807, 2.05) is 25.1 Å². The smallest absolute Gasteiger partial charge is 0.0684 e. The predicted molar refractivity (Wildman–Crippen MR) is 55.8 cm³/mol. The molecule has 0 saturated heterocycles. The Bertz CT molecular complexity index is 264. The second-order valence-electron chi connectivity index (χ2n) is 3.27. The molecule has 0 bridgehead atoms. The van der Waals surface area contributed by atoms with E-state index in [-0.39, 0.29) is 6.10 Å². The number of para-hydroxylation sites is 1. The first-order chi connectivity index (χ1) is 6.11. The molecule has 1 rings (SSSR count).